The largest absolute Gasteiger partial charge is 0.388 e. The van der Waals surface area contributed by atoms with Gasteiger partial charge in [0.15, 0.2) is 0 Å². The Morgan fingerprint density at radius 2 is 2.00 bits per heavy atom. The molecule has 0 aliphatic carbocycles. The summed E-state index contributed by atoms with van der Waals surface area (Å²) in [6.07, 6.45) is 2.67. The highest BCUT2D eigenvalue weighted by atomic mass is 16.5. The fraction of sp³-hybridized carbons (Fsp3) is 0.611. The molecule has 0 bridgehead atoms. The Morgan fingerprint density at radius 1 is 1.32 bits per heavy atom. The quantitative estimate of drug-likeness (QED) is 0.788. The molecule has 1 saturated heterocycles. The van der Waals surface area contributed by atoms with Gasteiger partial charge in [0.25, 0.3) is 0 Å². The molecule has 1 fully saturated rings. The molecule has 1 atom stereocenters. The lowest BCUT2D eigenvalue weighted by atomic mass is 9.87. The van der Waals surface area contributed by atoms with Crippen LogP contribution < -0.4 is 0 Å². The average Bonchev–Trinajstić information content (AvgIpc) is 2.59. The molecule has 4 heteroatoms. The van der Waals surface area contributed by atoms with Gasteiger partial charge in [0.1, 0.15) is 0 Å². The first-order chi connectivity index (χ1) is 10.7. The van der Waals surface area contributed by atoms with E-state index >= 15 is 0 Å². The summed E-state index contributed by atoms with van der Waals surface area (Å²) in [5.74, 6) is 0.460. The molecule has 2 rings (SSSR count). The van der Waals surface area contributed by atoms with Gasteiger partial charge in [-0.25, -0.2) is 0 Å². The van der Waals surface area contributed by atoms with Crippen LogP contribution in [-0.4, -0.2) is 42.2 Å². The van der Waals surface area contributed by atoms with Gasteiger partial charge in [0, 0.05) is 32.7 Å². The molecule has 22 heavy (non-hydrogen) atoms. The number of hydrogen-bond acceptors (Lipinski definition) is 3. The number of aliphatic hydroxyl groups excluding tert-OH is 1. The van der Waals surface area contributed by atoms with Gasteiger partial charge in [-0.05, 0) is 37.7 Å². The molecular weight excluding hydrogens is 278 g/mol. The molecule has 1 aromatic rings. The summed E-state index contributed by atoms with van der Waals surface area (Å²) >= 11 is 0. The topological polar surface area (TPSA) is 49.8 Å². The van der Waals surface area contributed by atoms with Crippen LogP contribution in [0.2, 0.25) is 0 Å². The van der Waals surface area contributed by atoms with Crippen LogP contribution in [0.1, 0.15) is 44.3 Å². The number of likely N-dealkylation sites (tertiary alicyclic amines) is 1. The summed E-state index contributed by atoms with van der Waals surface area (Å²) in [6, 6.07) is 9.80. The van der Waals surface area contributed by atoms with E-state index in [0.29, 0.717) is 19.6 Å². The Hall–Kier alpha value is -1.39. The number of amides is 1. The van der Waals surface area contributed by atoms with Crippen molar-refractivity contribution in [2.45, 2.75) is 38.7 Å². The molecule has 1 aliphatic heterocycles. The second-order valence-electron chi connectivity index (χ2n) is 5.87. The number of rotatable bonds is 7. The lowest BCUT2D eigenvalue weighted by molar-refractivity contribution is -0.133. The highest BCUT2D eigenvalue weighted by molar-refractivity contribution is 5.76. The third-order valence-corrected chi connectivity index (χ3v) is 4.36. The number of hydrogen-bond donors (Lipinski definition) is 1. The van der Waals surface area contributed by atoms with Gasteiger partial charge in [-0.1, -0.05) is 30.3 Å². The lowest BCUT2D eigenvalue weighted by Gasteiger charge is -2.34. The first-order valence-electron chi connectivity index (χ1n) is 8.31. The molecule has 4 nitrogen and oxygen atoms in total. The zero-order valence-corrected chi connectivity index (χ0v) is 13.4. The van der Waals surface area contributed by atoms with E-state index in [1.54, 1.807) is 0 Å². The highest BCUT2D eigenvalue weighted by Crippen LogP contribution is 2.30. The minimum atomic E-state index is -0.420. The molecule has 0 radical (unpaired) electrons. The van der Waals surface area contributed by atoms with Gasteiger partial charge < -0.3 is 14.7 Å². The molecule has 1 N–H and O–H groups in total. The summed E-state index contributed by atoms with van der Waals surface area (Å²) in [5, 5.41) is 10.5. The Bertz CT molecular complexity index is 441. The number of carbonyl (C=O) groups is 1. The molecule has 1 aliphatic rings. The predicted molar refractivity (Wildman–Crippen MR) is 86.4 cm³/mol. The van der Waals surface area contributed by atoms with E-state index in [4.69, 9.17) is 4.74 Å². The van der Waals surface area contributed by atoms with E-state index in [-0.39, 0.29) is 11.8 Å². The highest BCUT2D eigenvalue weighted by Gasteiger charge is 2.27. The normalized spacial score (nSPS) is 17.5. The molecule has 1 heterocycles. The molecule has 1 aromatic carbocycles. The molecule has 0 spiro atoms. The summed E-state index contributed by atoms with van der Waals surface area (Å²) < 4.78 is 5.26. The monoisotopic (exact) mass is 305 g/mol. The Labute approximate surface area is 133 Å². The van der Waals surface area contributed by atoms with Gasteiger partial charge in [-0.15, -0.1) is 0 Å². The smallest absolute Gasteiger partial charge is 0.222 e. The van der Waals surface area contributed by atoms with Crippen LogP contribution in [-0.2, 0) is 9.53 Å². The van der Waals surface area contributed by atoms with Crippen LogP contribution in [0, 0.1) is 5.92 Å². The predicted octanol–water partition coefficient (Wildman–Crippen LogP) is 2.78. The second-order valence-corrected chi connectivity index (χ2v) is 5.87. The van der Waals surface area contributed by atoms with Crippen molar-refractivity contribution >= 4 is 5.91 Å². The molecule has 0 saturated carbocycles. The first-order valence-corrected chi connectivity index (χ1v) is 8.31. The number of ether oxygens (including phenoxy) is 1. The van der Waals surface area contributed by atoms with Crippen LogP contribution in [0.5, 0.6) is 0 Å². The van der Waals surface area contributed by atoms with Crippen molar-refractivity contribution in [2.75, 3.05) is 26.3 Å². The van der Waals surface area contributed by atoms with E-state index in [1.165, 1.54) is 0 Å². The van der Waals surface area contributed by atoms with Gasteiger partial charge in [-0.2, -0.15) is 0 Å². The molecule has 1 unspecified atom stereocenters. The van der Waals surface area contributed by atoms with Crippen molar-refractivity contribution in [2.24, 2.45) is 5.92 Å². The van der Waals surface area contributed by atoms with Gasteiger partial charge in [0.05, 0.1) is 6.10 Å². The van der Waals surface area contributed by atoms with Crippen LogP contribution >= 0.6 is 0 Å². The molecule has 1 amide bonds. The third kappa shape index (κ3) is 4.82. The molecule has 0 aromatic heterocycles. The fourth-order valence-electron chi connectivity index (χ4n) is 3.01. The van der Waals surface area contributed by atoms with E-state index in [1.807, 2.05) is 42.2 Å². The van der Waals surface area contributed by atoms with E-state index in [2.05, 4.69) is 0 Å². The van der Waals surface area contributed by atoms with Gasteiger partial charge in [0.2, 0.25) is 5.91 Å². The first kappa shape index (κ1) is 17.0. The van der Waals surface area contributed by atoms with Crippen molar-refractivity contribution in [1.29, 1.82) is 0 Å². The van der Waals surface area contributed by atoms with Gasteiger partial charge in [-0.3, -0.25) is 4.79 Å². The number of benzene rings is 1. The van der Waals surface area contributed by atoms with E-state index in [9.17, 15) is 9.90 Å². The molecular formula is C18H27NO3. The van der Waals surface area contributed by atoms with Crippen molar-refractivity contribution in [1.82, 2.24) is 4.90 Å². The standard InChI is InChI=1S/C18H27NO3/c1-2-22-14-6-9-17(20)19-12-10-16(11-13-19)18(21)15-7-4-3-5-8-15/h3-5,7-8,16,18,21H,2,6,9-14H2,1H3. The summed E-state index contributed by atoms with van der Waals surface area (Å²) in [7, 11) is 0. The SMILES string of the molecule is CCOCCCC(=O)N1CCC(C(O)c2ccccc2)CC1. The van der Waals surface area contributed by atoms with Crippen molar-refractivity contribution in [3.63, 3.8) is 0 Å². The van der Waals surface area contributed by atoms with E-state index in [0.717, 1.165) is 37.9 Å². The summed E-state index contributed by atoms with van der Waals surface area (Å²) in [5.41, 5.74) is 0.976. The maximum absolute atomic E-state index is 12.1. The van der Waals surface area contributed by atoms with Crippen LogP contribution in [0.3, 0.4) is 0 Å². The van der Waals surface area contributed by atoms with Crippen molar-refractivity contribution < 1.29 is 14.6 Å². The van der Waals surface area contributed by atoms with E-state index < -0.39 is 6.10 Å². The lowest BCUT2D eigenvalue weighted by Crippen LogP contribution is -2.39. The van der Waals surface area contributed by atoms with Crippen molar-refractivity contribution in [3.8, 4) is 0 Å². The summed E-state index contributed by atoms with van der Waals surface area (Å²) in [4.78, 5) is 14.0. The zero-order valence-electron chi connectivity index (χ0n) is 13.4. The van der Waals surface area contributed by atoms with Crippen LogP contribution in [0.4, 0.5) is 0 Å². The maximum atomic E-state index is 12.1. The number of piperidine rings is 1. The van der Waals surface area contributed by atoms with Crippen LogP contribution in [0.25, 0.3) is 0 Å². The van der Waals surface area contributed by atoms with Crippen molar-refractivity contribution in [3.05, 3.63) is 35.9 Å². The summed E-state index contributed by atoms with van der Waals surface area (Å²) in [6.45, 7) is 4.83. The number of aliphatic hydroxyl groups is 1. The number of nitrogens with zero attached hydrogens (tertiary/aromatic N) is 1. The zero-order chi connectivity index (χ0) is 15.8. The minimum Gasteiger partial charge on any atom is -0.388 e. The second kappa shape index (κ2) is 8.91. The Kier molecular flexibility index (Phi) is 6.87. The minimum absolute atomic E-state index is 0.215. The van der Waals surface area contributed by atoms with Gasteiger partial charge >= 0.3 is 0 Å². The molecule has 122 valence electrons. The third-order valence-electron chi connectivity index (χ3n) is 4.36. The Morgan fingerprint density at radius 3 is 2.64 bits per heavy atom. The average molecular weight is 305 g/mol. The fourth-order valence-corrected chi connectivity index (χ4v) is 3.01. The van der Waals surface area contributed by atoms with Crippen LogP contribution in [0.15, 0.2) is 30.3 Å². The Balaban J connectivity index is 1.74. The maximum Gasteiger partial charge on any atom is 0.222 e. The number of carbonyl (C=O) groups excluding carboxylic acids is 1.